The van der Waals surface area contributed by atoms with E-state index in [2.05, 4.69) is 6.58 Å². The van der Waals surface area contributed by atoms with Crippen molar-refractivity contribution < 1.29 is 33.7 Å². The predicted octanol–water partition coefficient (Wildman–Crippen LogP) is 1.84. The molecule has 0 spiro atoms. The summed E-state index contributed by atoms with van der Waals surface area (Å²) in [5.74, 6) is -2.32. The van der Waals surface area contributed by atoms with Gasteiger partial charge in [0.05, 0.1) is 6.61 Å². The van der Waals surface area contributed by atoms with E-state index in [1.165, 1.54) is 6.92 Å². The molecule has 0 saturated carbocycles. The molecule has 1 aliphatic rings. The van der Waals surface area contributed by atoms with Crippen molar-refractivity contribution in [2.75, 3.05) is 13.2 Å². The van der Waals surface area contributed by atoms with E-state index in [-0.39, 0.29) is 44.0 Å². The van der Waals surface area contributed by atoms with Crippen LogP contribution in [0.1, 0.15) is 46.0 Å². The third-order valence-corrected chi connectivity index (χ3v) is 3.44. The van der Waals surface area contributed by atoms with Gasteiger partial charge in [0.2, 0.25) is 5.60 Å². The van der Waals surface area contributed by atoms with E-state index in [1.807, 2.05) is 6.92 Å². The van der Waals surface area contributed by atoms with Crippen LogP contribution in [0.4, 0.5) is 0 Å². The molecule has 130 valence electrons. The van der Waals surface area contributed by atoms with Crippen LogP contribution in [0, 0.1) is 0 Å². The van der Waals surface area contributed by atoms with Crippen molar-refractivity contribution in [3.63, 3.8) is 0 Å². The van der Waals surface area contributed by atoms with Crippen molar-refractivity contribution >= 4 is 17.9 Å². The van der Waals surface area contributed by atoms with Crippen molar-refractivity contribution in [3.8, 4) is 0 Å². The SMILES string of the molecule is C=C(C)C(=O)OC(CCC)(CCCC(=O)O)C(=O)OCC1CO1. The second kappa shape index (κ2) is 8.67. The van der Waals surface area contributed by atoms with Crippen LogP contribution in [0.3, 0.4) is 0 Å². The average molecular weight is 328 g/mol. The van der Waals surface area contributed by atoms with E-state index in [9.17, 15) is 14.4 Å². The summed E-state index contributed by atoms with van der Waals surface area (Å²) >= 11 is 0. The Morgan fingerprint density at radius 2 is 2.00 bits per heavy atom. The number of carbonyl (C=O) groups excluding carboxylic acids is 2. The summed E-state index contributed by atoms with van der Waals surface area (Å²) in [7, 11) is 0. The van der Waals surface area contributed by atoms with Gasteiger partial charge in [-0.05, 0) is 26.2 Å². The second-order valence-electron chi connectivity index (χ2n) is 5.72. The fraction of sp³-hybridized carbons (Fsp3) is 0.688. The van der Waals surface area contributed by atoms with E-state index < -0.39 is 23.5 Å². The zero-order valence-corrected chi connectivity index (χ0v) is 13.6. The first-order valence-corrected chi connectivity index (χ1v) is 7.70. The summed E-state index contributed by atoms with van der Waals surface area (Å²) in [6, 6.07) is 0. The second-order valence-corrected chi connectivity index (χ2v) is 5.72. The van der Waals surface area contributed by atoms with Crippen molar-refractivity contribution in [2.24, 2.45) is 0 Å². The molecule has 1 fully saturated rings. The number of carboxylic acid groups (broad SMARTS) is 1. The van der Waals surface area contributed by atoms with Gasteiger partial charge >= 0.3 is 17.9 Å². The Balaban J connectivity index is 2.84. The van der Waals surface area contributed by atoms with Gasteiger partial charge in [-0.1, -0.05) is 19.9 Å². The summed E-state index contributed by atoms with van der Waals surface area (Å²) < 4.78 is 15.6. The van der Waals surface area contributed by atoms with Crippen LogP contribution in [0.15, 0.2) is 12.2 Å². The molecule has 7 heteroatoms. The molecule has 0 bridgehead atoms. The van der Waals surface area contributed by atoms with Crippen LogP contribution in [0.25, 0.3) is 0 Å². The van der Waals surface area contributed by atoms with Crippen molar-refractivity contribution in [3.05, 3.63) is 12.2 Å². The summed E-state index contributed by atoms with van der Waals surface area (Å²) in [6.07, 6.45) is 0.912. The number of epoxide rings is 1. The highest BCUT2D eigenvalue weighted by atomic mass is 16.6. The molecule has 1 heterocycles. The first kappa shape index (κ1) is 19.2. The Bertz CT molecular complexity index is 467. The zero-order chi connectivity index (χ0) is 17.5. The number of rotatable bonds is 11. The molecule has 0 aliphatic carbocycles. The largest absolute Gasteiger partial charge is 0.481 e. The molecule has 1 rings (SSSR count). The number of aliphatic carboxylic acids is 1. The maximum Gasteiger partial charge on any atom is 0.350 e. The third kappa shape index (κ3) is 6.40. The van der Waals surface area contributed by atoms with Crippen molar-refractivity contribution in [1.29, 1.82) is 0 Å². The first-order valence-electron chi connectivity index (χ1n) is 7.70. The summed E-state index contributed by atoms with van der Waals surface area (Å²) in [6.45, 7) is 7.49. The molecule has 0 radical (unpaired) electrons. The number of hydrogen-bond donors (Lipinski definition) is 1. The minimum atomic E-state index is -1.48. The maximum absolute atomic E-state index is 12.5. The minimum Gasteiger partial charge on any atom is -0.481 e. The van der Waals surface area contributed by atoms with Gasteiger partial charge in [0.25, 0.3) is 0 Å². The van der Waals surface area contributed by atoms with Crippen LogP contribution in [0.2, 0.25) is 0 Å². The van der Waals surface area contributed by atoms with Gasteiger partial charge in [0, 0.05) is 12.0 Å². The predicted molar refractivity (Wildman–Crippen MR) is 80.7 cm³/mol. The van der Waals surface area contributed by atoms with Gasteiger partial charge in [-0.2, -0.15) is 0 Å². The Hall–Kier alpha value is -1.89. The molecule has 1 N–H and O–H groups in total. The summed E-state index contributed by atoms with van der Waals surface area (Å²) in [5, 5.41) is 8.78. The molecule has 2 atom stereocenters. The molecule has 1 saturated heterocycles. The summed E-state index contributed by atoms with van der Waals surface area (Å²) in [4.78, 5) is 35.1. The molecule has 0 aromatic heterocycles. The number of esters is 2. The average Bonchev–Trinajstić information content (AvgIpc) is 3.28. The maximum atomic E-state index is 12.5. The summed E-state index contributed by atoms with van der Waals surface area (Å²) in [5.41, 5.74) is -1.31. The zero-order valence-electron chi connectivity index (χ0n) is 13.6. The van der Waals surface area contributed by atoms with Gasteiger partial charge in [0.15, 0.2) is 0 Å². The van der Waals surface area contributed by atoms with Gasteiger partial charge < -0.3 is 19.3 Å². The van der Waals surface area contributed by atoms with Crippen molar-refractivity contribution in [2.45, 2.75) is 57.7 Å². The molecule has 0 aromatic carbocycles. The Morgan fingerprint density at radius 3 is 2.48 bits per heavy atom. The molecule has 1 aliphatic heterocycles. The highest BCUT2D eigenvalue weighted by Gasteiger charge is 2.44. The Labute approximate surface area is 135 Å². The minimum absolute atomic E-state index is 0.0938. The lowest BCUT2D eigenvalue weighted by atomic mass is 9.91. The lowest BCUT2D eigenvalue weighted by molar-refractivity contribution is -0.183. The van der Waals surface area contributed by atoms with E-state index >= 15 is 0 Å². The number of hydrogen-bond acceptors (Lipinski definition) is 6. The lowest BCUT2D eigenvalue weighted by Gasteiger charge is -2.31. The van der Waals surface area contributed by atoms with E-state index in [4.69, 9.17) is 19.3 Å². The van der Waals surface area contributed by atoms with Gasteiger partial charge in [-0.3, -0.25) is 4.79 Å². The van der Waals surface area contributed by atoms with Crippen LogP contribution in [-0.4, -0.2) is 47.9 Å². The molecule has 2 unspecified atom stereocenters. The Morgan fingerprint density at radius 1 is 1.35 bits per heavy atom. The van der Waals surface area contributed by atoms with Gasteiger partial charge in [-0.25, -0.2) is 9.59 Å². The normalized spacial score (nSPS) is 18.6. The van der Waals surface area contributed by atoms with Crippen LogP contribution < -0.4 is 0 Å². The first-order chi connectivity index (χ1) is 10.8. The molecule has 0 amide bonds. The molecule has 23 heavy (non-hydrogen) atoms. The number of carboxylic acids is 1. The standard InChI is InChI=1S/C16H24O7/c1-4-7-16(8-5-6-13(17)18,23-14(19)11(2)3)15(20)22-10-12-9-21-12/h12H,2,4-10H2,1,3H3,(H,17,18). The van der Waals surface area contributed by atoms with E-state index in [0.29, 0.717) is 13.0 Å². The van der Waals surface area contributed by atoms with Gasteiger partial charge in [-0.15, -0.1) is 0 Å². The quantitative estimate of drug-likeness (QED) is 0.351. The van der Waals surface area contributed by atoms with E-state index in [0.717, 1.165) is 0 Å². The molecule has 7 nitrogen and oxygen atoms in total. The van der Waals surface area contributed by atoms with Crippen LogP contribution >= 0.6 is 0 Å². The monoisotopic (exact) mass is 328 g/mol. The smallest absolute Gasteiger partial charge is 0.350 e. The van der Waals surface area contributed by atoms with Crippen LogP contribution in [-0.2, 0) is 28.6 Å². The molecule has 0 aromatic rings. The van der Waals surface area contributed by atoms with E-state index in [1.54, 1.807) is 0 Å². The van der Waals surface area contributed by atoms with Gasteiger partial charge in [0.1, 0.15) is 12.7 Å². The fourth-order valence-electron chi connectivity index (χ4n) is 2.13. The fourth-order valence-corrected chi connectivity index (χ4v) is 2.13. The molecular weight excluding hydrogens is 304 g/mol. The number of ether oxygens (including phenoxy) is 3. The topological polar surface area (TPSA) is 102 Å². The van der Waals surface area contributed by atoms with Crippen molar-refractivity contribution in [1.82, 2.24) is 0 Å². The Kier molecular flexibility index (Phi) is 7.22. The molecular formula is C16H24O7. The third-order valence-electron chi connectivity index (χ3n) is 3.44. The lowest BCUT2D eigenvalue weighted by Crippen LogP contribution is -2.45. The highest BCUT2D eigenvalue weighted by molar-refractivity contribution is 5.91. The van der Waals surface area contributed by atoms with Crippen LogP contribution in [0.5, 0.6) is 0 Å². The number of carbonyl (C=O) groups is 3. The highest BCUT2D eigenvalue weighted by Crippen LogP contribution is 2.29.